The maximum atomic E-state index is 11.9. The number of carboxylic acids is 1. The van der Waals surface area contributed by atoms with Crippen molar-refractivity contribution in [1.82, 2.24) is 9.62 Å². The molecule has 0 heterocycles. The van der Waals surface area contributed by atoms with E-state index in [0.717, 1.165) is 6.54 Å². The van der Waals surface area contributed by atoms with Gasteiger partial charge in [-0.15, -0.1) is 0 Å². The molecule has 2 rings (SSSR count). The van der Waals surface area contributed by atoms with Crippen molar-refractivity contribution in [2.24, 2.45) is 5.92 Å². The van der Waals surface area contributed by atoms with Crippen LogP contribution in [0.15, 0.2) is 0 Å². The Hall–Kier alpha value is -0.700. The quantitative estimate of drug-likeness (QED) is 0.527. The van der Waals surface area contributed by atoms with Crippen LogP contribution in [0.1, 0.15) is 32.6 Å². The Morgan fingerprint density at radius 1 is 1.36 bits per heavy atom. The first kappa shape index (κ1) is 17.7. The molecule has 0 aromatic carbocycles. The summed E-state index contributed by atoms with van der Waals surface area (Å²) in [5, 5.41) is 8.99. The molecule has 2 aliphatic rings. The number of sulfonamides is 1. The van der Waals surface area contributed by atoms with E-state index in [-0.39, 0.29) is 31.0 Å². The lowest BCUT2D eigenvalue weighted by molar-refractivity contribution is -0.139. The first-order chi connectivity index (χ1) is 10.4. The fourth-order valence-corrected chi connectivity index (χ4v) is 3.91. The number of hydrogen-bond acceptors (Lipinski definition) is 5. The SMILES string of the molecule is CCOCCS(=O)(=O)NC1CC(N(CC(=O)O)CC2CC2)C1. The van der Waals surface area contributed by atoms with Gasteiger partial charge in [0.05, 0.1) is 18.9 Å². The van der Waals surface area contributed by atoms with Gasteiger partial charge in [0.15, 0.2) is 0 Å². The van der Waals surface area contributed by atoms with Crippen molar-refractivity contribution in [3.05, 3.63) is 0 Å². The van der Waals surface area contributed by atoms with E-state index in [4.69, 9.17) is 9.84 Å². The highest BCUT2D eigenvalue weighted by atomic mass is 32.2. The highest BCUT2D eigenvalue weighted by Gasteiger charge is 2.38. The second-order valence-corrected chi connectivity index (χ2v) is 8.10. The number of nitrogens with one attached hydrogen (secondary N) is 1. The lowest BCUT2D eigenvalue weighted by Crippen LogP contribution is -2.55. The van der Waals surface area contributed by atoms with Gasteiger partial charge in [0.2, 0.25) is 10.0 Å². The minimum absolute atomic E-state index is 0.0249. The summed E-state index contributed by atoms with van der Waals surface area (Å²) in [6.07, 6.45) is 3.73. The molecule has 0 aliphatic heterocycles. The number of ether oxygens (including phenoxy) is 1. The zero-order valence-electron chi connectivity index (χ0n) is 13.0. The fourth-order valence-electron chi connectivity index (χ4n) is 2.76. The summed E-state index contributed by atoms with van der Waals surface area (Å²) < 4.78 is 31.4. The van der Waals surface area contributed by atoms with Crippen LogP contribution in [0.3, 0.4) is 0 Å². The molecule has 0 spiro atoms. The Morgan fingerprint density at radius 3 is 2.59 bits per heavy atom. The molecule has 0 radical (unpaired) electrons. The third-order valence-electron chi connectivity index (χ3n) is 4.20. The molecular weight excluding hydrogens is 308 g/mol. The molecule has 0 saturated heterocycles. The minimum Gasteiger partial charge on any atom is -0.480 e. The lowest BCUT2D eigenvalue weighted by atomic mass is 9.86. The molecule has 22 heavy (non-hydrogen) atoms. The molecule has 2 aliphatic carbocycles. The molecule has 0 aromatic rings. The van der Waals surface area contributed by atoms with E-state index in [2.05, 4.69) is 4.72 Å². The van der Waals surface area contributed by atoms with Gasteiger partial charge in [-0.25, -0.2) is 13.1 Å². The maximum Gasteiger partial charge on any atom is 0.317 e. The highest BCUT2D eigenvalue weighted by molar-refractivity contribution is 7.89. The molecule has 2 N–H and O–H groups in total. The summed E-state index contributed by atoms with van der Waals surface area (Å²) >= 11 is 0. The molecule has 128 valence electrons. The summed E-state index contributed by atoms with van der Waals surface area (Å²) in [5.41, 5.74) is 0. The number of hydrogen-bond donors (Lipinski definition) is 2. The predicted molar refractivity (Wildman–Crippen MR) is 82.2 cm³/mol. The van der Waals surface area contributed by atoms with E-state index >= 15 is 0 Å². The fraction of sp³-hybridized carbons (Fsp3) is 0.929. The molecule has 7 nitrogen and oxygen atoms in total. The van der Waals surface area contributed by atoms with Crippen LogP contribution >= 0.6 is 0 Å². The molecule has 2 saturated carbocycles. The van der Waals surface area contributed by atoms with E-state index in [1.54, 1.807) is 0 Å². The zero-order chi connectivity index (χ0) is 16.2. The van der Waals surface area contributed by atoms with E-state index < -0.39 is 16.0 Å². The minimum atomic E-state index is -3.31. The van der Waals surface area contributed by atoms with Crippen LogP contribution in [-0.2, 0) is 19.6 Å². The monoisotopic (exact) mass is 334 g/mol. The van der Waals surface area contributed by atoms with Crippen LogP contribution in [0.5, 0.6) is 0 Å². The summed E-state index contributed by atoms with van der Waals surface area (Å²) in [6.45, 7) is 3.40. The number of aliphatic carboxylic acids is 1. The van der Waals surface area contributed by atoms with Crippen LogP contribution in [0.2, 0.25) is 0 Å². The smallest absolute Gasteiger partial charge is 0.317 e. The Bertz CT molecular complexity index is 472. The molecule has 0 atom stereocenters. The largest absolute Gasteiger partial charge is 0.480 e. The Kier molecular flexibility index (Phi) is 6.19. The number of rotatable bonds is 11. The van der Waals surface area contributed by atoms with Gasteiger partial charge in [-0.2, -0.15) is 0 Å². The van der Waals surface area contributed by atoms with Gasteiger partial charge < -0.3 is 9.84 Å². The lowest BCUT2D eigenvalue weighted by Gasteiger charge is -2.42. The van der Waals surface area contributed by atoms with Gasteiger partial charge in [-0.05, 0) is 38.5 Å². The summed E-state index contributed by atoms with van der Waals surface area (Å²) in [6, 6.07) is 0.100. The third-order valence-corrected chi connectivity index (χ3v) is 5.60. The van der Waals surface area contributed by atoms with Crippen molar-refractivity contribution in [2.75, 3.05) is 32.1 Å². The topological polar surface area (TPSA) is 95.9 Å². The number of carboxylic acid groups (broad SMARTS) is 1. The second kappa shape index (κ2) is 7.72. The molecule has 0 bridgehead atoms. The standard InChI is InChI=1S/C14H26N2O5S/c1-2-21-5-6-22(19,20)15-12-7-13(8-12)16(10-14(17)18)9-11-3-4-11/h11-13,15H,2-10H2,1H3,(H,17,18). The average molecular weight is 334 g/mol. The Balaban J connectivity index is 1.73. The van der Waals surface area contributed by atoms with Gasteiger partial charge in [0, 0.05) is 25.2 Å². The first-order valence-corrected chi connectivity index (χ1v) is 9.58. The van der Waals surface area contributed by atoms with E-state index in [1.807, 2.05) is 11.8 Å². The van der Waals surface area contributed by atoms with Gasteiger partial charge in [-0.3, -0.25) is 9.69 Å². The van der Waals surface area contributed by atoms with Gasteiger partial charge in [0.1, 0.15) is 0 Å². The molecule has 0 unspecified atom stereocenters. The summed E-state index contributed by atoms with van der Waals surface area (Å²) in [5.74, 6) is -0.217. The Labute approximate surface area is 132 Å². The van der Waals surface area contributed by atoms with Gasteiger partial charge >= 0.3 is 5.97 Å². The van der Waals surface area contributed by atoms with Crippen molar-refractivity contribution in [2.45, 2.75) is 44.7 Å². The molecule has 8 heteroatoms. The molecule has 0 aromatic heterocycles. The van der Waals surface area contributed by atoms with Crippen LogP contribution in [0.25, 0.3) is 0 Å². The highest BCUT2D eigenvalue weighted by Crippen LogP contribution is 2.33. The maximum absolute atomic E-state index is 11.9. The zero-order valence-corrected chi connectivity index (χ0v) is 13.8. The third kappa shape index (κ3) is 5.83. The molecular formula is C14H26N2O5S. The van der Waals surface area contributed by atoms with Crippen molar-refractivity contribution in [3.63, 3.8) is 0 Å². The molecule has 0 amide bonds. The van der Waals surface area contributed by atoms with Gasteiger partial charge in [0.25, 0.3) is 0 Å². The Morgan fingerprint density at radius 2 is 2.05 bits per heavy atom. The average Bonchev–Trinajstić information content (AvgIpc) is 3.16. The second-order valence-electron chi connectivity index (χ2n) is 6.22. The van der Waals surface area contributed by atoms with E-state index in [9.17, 15) is 13.2 Å². The van der Waals surface area contributed by atoms with Crippen molar-refractivity contribution in [1.29, 1.82) is 0 Å². The summed E-state index contributed by atoms with van der Waals surface area (Å²) in [4.78, 5) is 12.9. The number of carbonyl (C=O) groups is 1. The van der Waals surface area contributed by atoms with E-state index in [1.165, 1.54) is 12.8 Å². The van der Waals surface area contributed by atoms with Crippen LogP contribution in [-0.4, -0.2) is 68.5 Å². The van der Waals surface area contributed by atoms with Crippen molar-refractivity contribution in [3.8, 4) is 0 Å². The summed E-state index contributed by atoms with van der Waals surface area (Å²) in [7, 11) is -3.31. The van der Waals surface area contributed by atoms with Crippen LogP contribution in [0.4, 0.5) is 0 Å². The molecule has 2 fully saturated rings. The first-order valence-electron chi connectivity index (χ1n) is 7.93. The number of nitrogens with zero attached hydrogens (tertiary/aromatic N) is 1. The normalized spacial score (nSPS) is 25.2. The van der Waals surface area contributed by atoms with Crippen molar-refractivity contribution < 1.29 is 23.1 Å². The van der Waals surface area contributed by atoms with Gasteiger partial charge in [-0.1, -0.05) is 0 Å². The van der Waals surface area contributed by atoms with Crippen LogP contribution < -0.4 is 4.72 Å². The predicted octanol–water partition coefficient (Wildman–Crippen LogP) is 0.270. The van der Waals surface area contributed by atoms with Crippen molar-refractivity contribution >= 4 is 16.0 Å². The van der Waals surface area contributed by atoms with E-state index in [0.29, 0.717) is 25.4 Å². The van der Waals surface area contributed by atoms with Crippen LogP contribution in [0, 0.1) is 5.92 Å².